The Bertz CT molecular complexity index is 745. The predicted octanol–water partition coefficient (Wildman–Crippen LogP) is -7.43. The number of aliphatic hydroxyl groups excluding tert-OH is 10. The minimum atomic E-state index is -1.91. The van der Waals surface area contributed by atoms with Crippen LogP contribution < -0.4 is 5.32 Å². The van der Waals surface area contributed by atoms with Gasteiger partial charge in [-0.3, -0.25) is 4.79 Å². The first-order chi connectivity index (χ1) is 17.4. The summed E-state index contributed by atoms with van der Waals surface area (Å²) in [5.41, 5.74) is 0. The summed E-state index contributed by atoms with van der Waals surface area (Å²) in [5, 5.41) is 103. The fraction of sp³-hybridized carbons (Fsp3) is 0.950. The van der Waals surface area contributed by atoms with Crippen molar-refractivity contribution in [2.45, 2.75) is 99.0 Å². The van der Waals surface area contributed by atoms with Gasteiger partial charge in [0.05, 0.1) is 19.8 Å². The van der Waals surface area contributed by atoms with Gasteiger partial charge in [0.15, 0.2) is 18.9 Å². The van der Waals surface area contributed by atoms with Crippen LogP contribution in [0.4, 0.5) is 0 Å². The topological polar surface area (TPSA) is 278 Å². The van der Waals surface area contributed by atoms with Crippen molar-refractivity contribution >= 4 is 5.91 Å². The van der Waals surface area contributed by atoms with E-state index in [-0.39, 0.29) is 0 Å². The molecule has 0 bridgehead atoms. The molecule has 1 amide bonds. The quantitative estimate of drug-likeness (QED) is 0.135. The Labute approximate surface area is 210 Å². The number of amides is 1. The van der Waals surface area contributed by atoms with E-state index in [0.29, 0.717) is 0 Å². The van der Waals surface area contributed by atoms with Crippen LogP contribution in [0.3, 0.4) is 0 Å². The minimum Gasteiger partial charge on any atom is -0.394 e. The molecule has 216 valence electrons. The summed E-state index contributed by atoms with van der Waals surface area (Å²) in [7, 11) is 0. The van der Waals surface area contributed by atoms with Crippen molar-refractivity contribution in [2.24, 2.45) is 0 Å². The molecule has 0 radical (unpaired) electrons. The summed E-state index contributed by atoms with van der Waals surface area (Å²) in [6, 6.07) is -1.42. The molecule has 17 heteroatoms. The number of carbonyl (C=O) groups excluding carboxylic acids is 1. The zero-order valence-electron chi connectivity index (χ0n) is 19.7. The summed E-state index contributed by atoms with van der Waals surface area (Å²) in [6.45, 7) is -1.25. The van der Waals surface area contributed by atoms with Crippen LogP contribution in [-0.4, -0.2) is 169 Å². The smallest absolute Gasteiger partial charge is 0.217 e. The van der Waals surface area contributed by atoms with Gasteiger partial charge in [-0.1, -0.05) is 0 Å². The lowest BCUT2D eigenvalue weighted by Crippen LogP contribution is -2.68. The van der Waals surface area contributed by atoms with Crippen LogP contribution in [0.2, 0.25) is 0 Å². The molecule has 11 N–H and O–H groups in total. The number of aliphatic hydroxyl groups is 10. The van der Waals surface area contributed by atoms with E-state index in [9.17, 15) is 55.9 Å². The van der Waals surface area contributed by atoms with Crippen LogP contribution in [0, 0.1) is 0 Å². The first-order valence-corrected chi connectivity index (χ1v) is 11.6. The molecule has 0 aromatic carbocycles. The lowest BCUT2D eigenvalue weighted by molar-refractivity contribution is -0.373. The van der Waals surface area contributed by atoms with Crippen molar-refractivity contribution in [3.8, 4) is 0 Å². The highest BCUT2D eigenvalue weighted by molar-refractivity contribution is 5.73. The number of hydrogen-bond acceptors (Lipinski definition) is 16. The standard InChI is InChI=1S/C20H35NO16/c1-5(25)21-9-12(28)10(26)6(2-22)34-19(9)37-17-11(27)7(3-23)35-20(15(17)31)36-16-8(4-24)33-18(32)14(30)13(16)29/h6-20,22-24,26-32H,2-4H2,1H3,(H,21,25)/t6-,7-,8-,9-,10-,11+,12-,13-,14-,15-,16+,17+,18?,19?,20?/m1/s1. The van der Waals surface area contributed by atoms with E-state index in [1.54, 1.807) is 0 Å². The van der Waals surface area contributed by atoms with Gasteiger partial charge in [-0.05, 0) is 0 Å². The van der Waals surface area contributed by atoms with E-state index >= 15 is 0 Å². The van der Waals surface area contributed by atoms with Crippen molar-refractivity contribution in [3.05, 3.63) is 0 Å². The molecule has 0 aromatic rings. The number of carbonyl (C=O) groups is 1. The molecule has 3 fully saturated rings. The van der Waals surface area contributed by atoms with Gasteiger partial charge < -0.3 is 80.1 Å². The van der Waals surface area contributed by atoms with Crippen LogP contribution in [-0.2, 0) is 28.5 Å². The zero-order chi connectivity index (χ0) is 27.6. The average molecular weight is 545 g/mol. The van der Waals surface area contributed by atoms with E-state index in [2.05, 4.69) is 5.32 Å². The molecule has 3 rings (SSSR count). The predicted molar refractivity (Wildman–Crippen MR) is 113 cm³/mol. The fourth-order valence-corrected chi connectivity index (χ4v) is 4.46. The zero-order valence-corrected chi connectivity index (χ0v) is 19.7. The summed E-state index contributed by atoms with van der Waals surface area (Å²) in [4.78, 5) is 11.7. The molecule has 15 atom stereocenters. The molecule has 0 spiro atoms. The second-order valence-corrected chi connectivity index (χ2v) is 9.07. The van der Waals surface area contributed by atoms with Crippen molar-refractivity contribution in [3.63, 3.8) is 0 Å². The van der Waals surface area contributed by atoms with Crippen LogP contribution in [0.1, 0.15) is 6.92 Å². The first kappa shape index (κ1) is 30.4. The first-order valence-electron chi connectivity index (χ1n) is 11.6. The van der Waals surface area contributed by atoms with Crippen LogP contribution in [0.15, 0.2) is 0 Å². The molecule has 3 unspecified atom stereocenters. The van der Waals surface area contributed by atoms with Crippen LogP contribution in [0.5, 0.6) is 0 Å². The maximum atomic E-state index is 11.7. The summed E-state index contributed by atoms with van der Waals surface area (Å²) >= 11 is 0. The Hall–Kier alpha value is -1.13. The van der Waals surface area contributed by atoms with Gasteiger partial charge in [-0.15, -0.1) is 0 Å². The van der Waals surface area contributed by atoms with Gasteiger partial charge in [0.1, 0.15) is 73.2 Å². The third-order valence-corrected chi connectivity index (χ3v) is 6.49. The highest BCUT2D eigenvalue weighted by Crippen LogP contribution is 2.32. The SMILES string of the molecule is CC(=O)N[C@H]1C(O[C@H]2[C@@H](O)[C@@H](CO)OC(O[C@@H]3[C@H](O)[C@@H](O)C(O)O[C@@H]3CO)[C@@H]2O)O[C@H](CO)[C@@H](O)[C@@H]1O. The van der Waals surface area contributed by atoms with Crippen molar-refractivity contribution in [2.75, 3.05) is 19.8 Å². The van der Waals surface area contributed by atoms with Gasteiger partial charge in [0, 0.05) is 6.92 Å². The van der Waals surface area contributed by atoms with Crippen molar-refractivity contribution in [1.29, 1.82) is 0 Å². The second kappa shape index (κ2) is 12.8. The van der Waals surface area contributed by atoms with Crippen LogP contribution >= 0.6 is 0 Å². The van der Waals surface area contributed by atoms with Gasteiger partial charge in [0.25, 0.3) is 0 Å². The maximum Gasteiger partial charge on any atom is 0.217 e. The molecule has 3 aliphatic rings. The molecule has 0 aliphatic carbocycles. The highest BCUT2D eigenvalue weighted by Gasteiger charge is 2.53. The van der Waals surface area contributed by atoms with E-state index in [1.165, 1.54) is 0 Å². The van der Waals surface area contributed by atoms with Crippen LogP contribution in [0.25, 0.3) is 0 Å². The Morgan fingerprint density at radius 1 is 0.649 bits per heavy atom. The molecule has 0 aromatic heterocycles. The minimum absolute atomic E-state index is 0.652. The largest absolute Gasteiger partial charge is 0.394 e. The Morgan fingerprint density at radius 3 is 1.76 bits per heavy atom. The molecule has 3 heterocycles. The normalized spacial score (nSPS) is 49.0. The summed E-state index contributed by atoms with van der Waals surface area (Å²) in [5.74, 6) is -0.652. The van der Waals surface area contributed by atoms with Crippen molar-refractivity contribution in [1.82, 2.24) is 5.32 Å². The van der Waals surface area contributed by atoms with Gasteiger partial charge in [-0.2, -0.15) is 0 Å². The summed E-state index contributed by atoms with van der Waals surface area (Å²) < 4.78 is 27.0. The second-order valence-electron chi connectivity index (χ2n) is 9.07. The number of nitrogens with one attached hydrogen (secondary N) is 1. The Balaban J connectivity index is 1.83. The molecule has 0 saturated carbocycles. The van der Waals surface area contributed by atoms with Gasteiger partial charge in [0.2, 0.25) is 5.91 Å². The fourth-order valence-electron chi connectivity index (χ4n) is 4.46. The molecule has 3 aliphatic heterocycles. The van der Waals surface area contributed by atoms with Gasteiger partial charge in [-0.25, -0.2) is 0 Å². The number of ether oxygens (including phenoxy) is 5. The lowest BCUT2D eigenvalue weighted by atomic mass is 9.95. The van der Waals surface area contributed by atoms with E-state index in [1.807, 2.05) is 0 Å². The van der Waals surface area contributed by atoms with E-state index in [0.717, 1.165) is 6.92 Å². The number of hydrogen-bond donors (Lipinski definition) is 11. The molecular weight excluding hydrogens is 510 g/mol. The van der Waals surface area contributed by atoms with E-state index < -0.39 is 118 Å². The summed E-state index contributed by atoms with van der Waals surface area (Å²) in [6.07, 6.45) is -23.4. The highest BCUT2D eigenvalue weighted by atomic mass is 16.7. The van der Waals surface area contributed by atoms with E-state index in [4.69, 9.17) is 23.7 Å². The maximum absolute atomic E-state index is 11.7. The lowest BCUT2D eigenvalue weighted by Gasteiger charge is -2.48. The number of rotatable bonds is 8. The van der Waals surface area contributed by atoms with Gasteiger partial charge >= 0.3 is 0 Å². The molecule has 17 nitrogen and oxygen atoms in total. The third-order valence-electron chi connectivity index (χ3n) is 6.49. The molecular formula is C20H35NO16. The Morgan fingerprint density at radius 2 is 1.19 bits per heavy atom. The third kappa shape index (κ3) is 6.38. The average Bonchev–Trinajstić information content (AvgIpc) is 2.86. The monoisotopic (exact) mass is 545 g/mol. The Kier molecular flexibility index (Phi) is 10.5. The van der Waals surface area contributed by atoms with Crippen molar-refractivity contribution < 1.29 is 79.5 Å². The molecule has 37 heavy (non-hydrogen) atoms. The molecule has 3 saturated heterocycles.